The van der Waals surface area contributed by atoms with Crippen LogP contribution in [0.2, 0.25) is 0 Å². The highest BCUT2D eigenvalue weighted by molar-refractivity contribution is 7.99. The maximum Gasteiger partial charge on any atom is 0.0735 e. The van der Waals surface area contributed by atoms with Gasteiger partial charge in [-0.2, -0.15) is 0 Å². The van der Waals surface area contributed by atoms with Crippen LogP contribution in [0.1, 0.15) is 22.3 Å². The molecule has 8 aromatic carbocycles. The van der Waals surface area contributed by atoms with E-state index < -0.39 is 0 Å². The third-order valence-corrected chi connectivity index (χ3v) is 11.4. The summed E-state index contributed by atoms with van der Waals surface area (Å²) < 4.78 is 0. The van der Waals surface area contributed by atoms with Crippen LogP contribution in [0.25, 0.3) is 33.0 Å². The number of nitrogens with zero attached hydrogens (tertiary/aromatic N) is 1. The first kappa shape index (κ1) is 28.2. The van der Waals surface area contributed by atoms with Crippen molar-refractivity contribution in [2.75, 3.05) is 4.90 Å². The van der Waals surface area contributed by atoms with Gasteiger partial charge in [-0.3, -0.25) is 0 Å². The topological polar surface area (TPSA) is 3.24 Å². The van der Waals surface area contributed by atoms with Crippen molar-refractivity contribution in [1.29, 1.82) is 0 Å². The fraction of sp³-hybridized carbons (Fsp3) is 0.0213. The molecule has 1 nitrogen and oxygen atoms in total. The molecule has 49 heavy (non-hydrogen) atoms. The van der Waals surface area contributed by atoms with Crippen LogP contribution in [-0.4, -0.2) is 0 Å². The van der Waals surface area contributed by atoms with Crippen molar-refractivity contribution >= 4 is 39.6 Å². The van der Waals surface area contributed by atoms with E-state index in [1.807, 2.05) is 11.8 Å². The molecule has 0 radical (unpaired) electrons. The molecular weight excluding hydrogens is 611 g/mol. The van der Waals surface area contributed by atoms with Crippen LogP contribution >= 0.6 is 11.8 Å². The van der Waals surface area contributed by atoms with Gasteiger partial charge >= 0.3 is 0 Å². The van der Waals surface area contributed by atoms with Crippen LogP contribution < -0.4 is 4.90 Å². The summed E-state index contributed by atoms with van der Waals surface area (Å²) in [6.45, 7) is 0. The quantitative estimate of drug-likeness (QED) is 0.188. The second kappa shape index (κ2) is 11.1. The van der Waals surface area contributed by atoms with Crippen molar-refractivity contribution in [1.82, 2.24) is 0 Å². The number of rotatable bonds is 4. The maximum absolute atomic E-state index is 2.48. The first-order valence-corrected chi connectivity index (χ1v) is 17.7. The smallest absolute Gasteiger partial charge is 0.0735 e. The molecule has 1 aliphatic carbocycles. The second-order valence-electron chi connectivity index (χ2n) is 12.9. The summed E-state index contributed by atoms with van der Waals surface area (Å²) in [5, 5.41) is 2.54. The molecule has 0 unspecified atom stereocenters. The van der Waals surface area contributed by atoms with Gasteiger partial charge in [0.2, 0.25) is 0 Å². The number of hydrogen-bond acceptors (Lipinski definition) is 2. The second-order valence-corrected chi connectivity index (χ2v) is 14.0. The average molecular weight is 642 g/mol. The number of hydrogen-bond donors (Lipinski definition) is 0. The Morgan fingerprint density at radius 3 is 1.55 bits per heavy atom. The highest BCUT2D eigenvalue weighted by Gasteiger charge is 2.50. The molecule has 1 heterocycles. The predicted octanol–water partition coefficient (Wildman–Crippen LogP) is 12.8. The fourth-order valence-electron chi connectivity index (χ4n) is 8.27. The molecule has 2 aliphatic rings. The molecule has 10 rings (SSSR count). The Labute approximate surface area is 291 Å². The van der Waals surface area contributed by atoms with Gasteiger partial charge in [0.15, 0.2) is 0 Å². The minimum absolute atomic E-state index is 0.367. The monoisotopic (exact) mass is 641 g/mol. The van der Waals surface area contributed by atoms with Gasteiger partial charge in [-0.25, -0.2) is 0 Å². The number of para-hydroxylation sites is 2. The number of anilines is 3. The van der Waals surface area contributed by atoms with E-state index in [9.17, 15) is 0 Å². The van der Waals surface area contributed by atoms with Crippen molar-refractivity contribution in [3.8, 4) is 22.3 Å². The third kappa shape index (κ3) is 4.21. The number of fused-ring (bicyclic) bond motifs is 10. The summed E-state index contributed by atoms with van der Waals surface area (Å²) in [6, 6.07) is 69.0. The normalized spacial score (nSPS) is 13.4. The lowest BCUT2D eigenvalue weighted by atomic mass is 9.67. The van der Waals surface area contributed by atoms with Crippen LogP contribution in [0.4, 0.5) is 17.1 Å². The van der Waals surface area contributed by atoms with Crippen molar-refractivity contribution in [2.24, 2.45) is 0 Å². The lowest BCUT2D eigenvalue weighted by molar-refractivity contribution is 0.724. The predicted molar refractivity (Wildman–Crippen MR) is 205 cm³/mol. The summed E-state index contributed by atoms with van der Waals surface area (Å²) >= 11 is 1.91. The van der Waals surface area contributed by atoms with E-state index in [0.717, 1.165) is 17.1 Å². The molecule has 2 heteroatoms. The zero-order valence-corrected chi connectivity index (χ0v) is 27.6. The SMILES string of the molecule is c1ccc(N(c2ccccc2)c2ccc(-c3cccc4cc5c(cc34)Sc3ccccc3C53c4ccccc4-c4ccccc43)cc2)cc1. The van der Waals surface area contributed by atoms with Gasteiger partial charge in [-0.15, -0.1) is 0 Å². The largest absolute Gasteiger partial charge is 0.311 e. The minimum Gasteiger partial charge on any atom is -0.311 e. The van der Waals surface area contributed by atoms with Crippen molar-refractivity contribution < 1.29 is 0 Å². The van der Waals surface area contributed by atoms with Crippen molar-refractivity contribution in [2.45, 2.75) is 15.2 Å². The molecule has 0 N–H and O–H groups in total. The molecule has 0 saturated heterocycles. The summed E-state index contributed by atoms with van der Waals surface area (Å²) in [5.74, 6) is 0. The summed E-state index contributed by atoms with van der Waals surface area (Å²) in [7, 11) is 0. The van der Waals surface area contributed by atoms with E-state index in [4.69, 9.17) is 0 Å². The standard InChI is InChI=1S/C47H31NS/c1-3-15-34(16-4-1)48(35-17-5-2-6-18-35)36-28-26-32(27-29-36)37-21-13-14-33-30-44-46(31-40(33)37)49-45-25-12-11-24-43(45)47(44)41-22-9-7-19-38(41)39-20-8-10-23-42(39)47/h1-31H. The Hall–Kier alpha value is -5.83. The van der Waals surface area contributed by atoms with E-state index in [-0.39, 0.29) is 5.41 Å². The Balaban J connectivity index is 1.15. The van der Waals surface area contributed by atoms with Crippen molar-refractivity contribution in [3.63, 3.8) is 0 Å². The van der Waals surface area contributed by atoms with Gasteiger partial charge in [0.1, 0.15) is 0 Å². The van der Waals surface area contributed by atoms with Crippen LogP contribution in [0.3, 0.4) is 0 Å². The Morgan fingerprint density at radius 2 is 0.898 bits per heavy atom. The zero-order valence-electron chi connectivity index (χ0n) is 26.8. The van der Waals surface area contributed by atoms with Gasteiger partial charge in [0.25, 0.3) is 0 Å². The van der Waals surface area contributed by atoms with Gasteiger partial charge in [-0.05, 0) is 110 Å². The molecule has 230 valence electrons. The molecule has 0 fully saturated rings. The molecule has 0 saturated carbocycles. The molecule has 0 amide bonds. The molecule has 0 bridgehead atoms. The van der Waals surface area contributed by atoms with Crippen LogP contribution in [0.15, 0.2) is 198 Å². The van der Waals surface area contributed by atoms with Crippen molar-refractivity contribution in [3.05, 3.63) is 210 Å². The van der Waals surface area contributed by atoms with Crippen LogP contribution in [0, 0.1) is 0 Å². The average Bonchev–Trinajstić information content (AvgIpc) is 3.46. The van der Waals surface area contributed by atoms with Gasteiger partial charge in [-0.1, -0.05) is 145 Å². The van der Waals surface area contributed by atoms with E-state index in [1.165, 1.54) is 65.1 Å². The molecule has 0 aromatic heterocycles. The zero-order chi connectivity index (χ0) is 32.4. The van der Waals surface area contributed by atoms with E-state index >= 15 is 0 Å². The maximum atomic E-state index is 2.48. The van der Waals surface area contributed by atoms with Gasteiger partial charge in [0, 0.05) is 26.9 Å². The first-order valence-electron chi connectivity index (χ1n) is 16.9. The molecule has 0 atom stereocenters. The lowest BCUT2D eigenvalue weighted by Gasteiger charge is -2.40. The van der Waals surface area contributed by atoms with Gasteiger partial charge < -0.3 is 4.90 Å². The molecule has 8 aromatic rings. The van der Waals surface area contributed by atoms with E-state index in [0.29, 0.717) is 0 Å². The third-order valence-electron chi connectivity index (χ3n) is 10.3. The van der Waals surface area contributed by atoms with Crippen LogP contribution in [0.5, 0.6) is 0 Å². The molecule has 1 spiro atoms. The Bertz CT molecular complexity index is 2430. The van der Waals surface area contributed by atoms with E-state index in [1.54, 1.807) is 0 Å². The molecular formula is C47H31NS. The van der Waals surface area contributed by atoms with E-state index in [2.05, 4.69) is 193 Å². The fourth-order valence-corrected chi connectivity index (χ4v) is 9.48. The number of benzene rings is 8. The Kier molecular flexibility index (Phi) is 6.40. The minimum atomic E-state index is -0.367. The Morgan fingerprint density at radius 1 is 0.367 bits per heavy atom. The van der Waals surface area contributed by atoms with Gasteiger partial charge in [0.05, 0.1) is 5.41 Å². The molecule has 1 aliphatic heterocycles. The first-order chi connectivity index (χ1) is 24.3. The highest BCUT2D eigenvalue weighted by atomic mass is 32.2. The van der Waals surface area contributed by atoms with Crippen LogP contribution in [-0.2, 0) is 5.41 Å². The highest BCUT2D eigenvalue weighted by Crippen LogP contribution is 2.62. The summed E-state index contributed by atoms with van der Waals surface area (Å²) in [6.07, 6.45) is 0. The lowest BCUT2D eigenvalue weighted by Crippen LogP contribution is -2.31. The summed E-state index contributed by atoms with van der Waals surface area (Å²) in [5.41, 5.74) is 13.7. The summed E-state index contributed by atoms with van der Waals surface area (Å²) in [4.78, 5) is 4.96.